The Kier molecular flexibility index (Phi) is 2.70. The number of hydrogen-bond donors (Lipinski definition) is 0. The molecule has 0 heterocycles. The average molecular weight is 166 g/mol. The Morgan fingerprint density at radius 2 is 1.89 bits per heavy atom. The van der Waals surface area contributed by atoms with Gasteiger partial charge in [0.1, 0.15) is 0 Å². The van der Waals surface area contributed by atoms with Crippen LogP contribution in [-0.2, 0) is 4.79 Å². The molecule has 0 N–H and O–H groups in total. The van der Waals surface area contributed by atoms with Gasteiger partial charge >= 0.3 is 0 Å². The van der Waals surface area contributed by atoms with Gasteiger partial charge in [-0.1, -0.05) is 0 Å². The molecule has 0 rings (SSSR count). The third-order valence-corrected chi connectivity index (χ3v) is 3.94. The summed E-state index contributed by atoms with van der Waals surface area (Å²) >= 11 is 5.92. The van der Waals surface area contributed by atoms with Crippen molar-refractivity contribution in [1.82, 2.24) is 4.57 Å². The minimum absolute atomic E-state index is 0.0432. The normalized spacial score (nSPS) is 11.2. The topological polar surface area (TPSA) is 20.3 Å². The number of rotatable bonds is 1. The highest BCUT2D eigenvalue weighted by Gasteiger charge is 2.25. The summed E-state index contributed by atoms with van der Waals surface area (Å²) in [5, 5.41) is 0. The van der Waals surface area contributed by atoms with Gasteiger partial charge in [0, 0.05) is 14.0 Å². The summed E-state index contributed by atoms with van der Waals surface area (Å²) < 4.78 is 1.62. The van der Waals surface area contributed by atoms with Crippen LogP contribution in [0.25, 0.3) is 0 Å². The maximum absolute atomic E-state index is 10.7. The molecule has 0 unspecified atom stereocenters. The molecule has 0 saturated carbocycles. The molecule has 0 aliphatic rings. The summed E-state index contributed by atoms with van der Waals surface area (Å²) in [4.78, 5) is 10.7. The monoisotopic (exact) mass is 165 g/mol. The second kappa shape index (κ2) is 2.71. The molecule has 9 heavy (non-hydrogen) atoms. The van der Waals surface area contributed by atoms with Gasteiger partial charge in [0.15, 0.2) is 0 Å². The summed E-state index contributed by atoms with van der Waals surface area (Å²) in [6, 6.07) is 0. The van der Waals surface area contributed by atoms with Gasteiger partial charge in [0.05, 0.1) is 0 Å². The van der Waals surface area contributed by atoms with Gasteiger partial charge in [-0.25, -0.2) is 0 Å². The van der Waals surface area contributed by atoms with Crippen molar-refractivity contribution in [3.63, 3.8) is 0 Å². The van der Waals surface area contributed by atoms with Gasteiger partial charge in [0.2, 0.25) is 5.91 Å². The number of nitrogens with zero attached hydrogens (tertiary/aromatic N) is 1. The highest BCUT2D eigenvalue weighted by Crippen LogP contribution is 2.11. The summed E-state index contributed by atoms with van der Waals surface area (Å²) in [5.41, 5.74) is 0. The van der Waals surface area contributed by atoms with E-state index in [2.05, 4.69) is 0 Å². The van der Waals surface area contributed by atoms with Crippen LogP contribution >= 0.6 is 11.1 Å². The molecule has 0 aliphatic carbocycles. The van der Waals surface area contributed by atoms with E-state index < -0.39 is 7.55 Å². The second-order valence-electron chi connectivity index (χ2n) is 2.49. The molecule has 4 heteroatoms. The molecule has 1 amide bonds. The zero-order valence-electron chi connectivity index (χ0n) is 6.23. The predicted molar refractivity (Wildman–Crippen MR) is 41.8 cm³/mol. The molecule has 0 aromatic rings. The molecule has 0 aliphatic heterocycles. The Morgan fingerprint density at radius 3 is 1.89 bits per heavy atom. The molecule has 2 nitrogen and oxygen atoms in total. The van der Waals surface area contributed by atoms with Crippen LogP contribution in [0.2, 0.25) is 13.1 Å². The SMILES string of the molecule is CC(=O)N(C)[Si](C)(C)Cl. The van der Waals surface area contributed by atoms with Crippen LogP contribution in [0.3, 0.4) is 0 Å². The van der Waals surface area contributed by atoms with E-state index in [1.165, 1.54) is 6.92 Å². The van der Waals surface area contributed by atoms with Crippen molar-refractivity contribution in [2.45, 2.75) is 20.0 Å². The molecule has 0 aromatic carbocycles. The second-order valence-corrected chi connectivity index (χ2v) is 8.75. The lowest BCUT2D eigenvalue weighted by atomic mass is 10.7. The lowest BCUT2D eigenvalue weighted by molar-refractivity contribution is -0.123. The van der Waals surface area contributed by atoms with Gasteiger partial charge in [0.25, 0.3) is 7.55 Å². The molecule has 0 aromatic heterocycles. The molecular weight excluding hydrogens is 154 g/mol. The largest absolute Gasteiger partial charge is 0.359 e. The van der Waals surface area contributed by atoms with Crippen molar-refractivity contribution in [3.8, 4) is 0 Å². The zero-order chi connectivity index (χ0) is 7.65. The van der Waals surface area contributed by atoms with Crippen LogP contribution in [0.5, 0.6) is 0 Å². The van der Waals surface area contributed by atoms with E-state index in [0.717, 1.165) is 0 Å². The molecule has 0 saturated heterocycles. The minimum atomic E-state index is -1.87. The summed E-state index contributed by atoms with van der Waals surface area (Å²) in [5.74, 6) is 0.0432. The van der Waals surface area contributed by atoms with E-state index in [9.17, 15) is 4.79 Å². The van der Waals surface area contributed by atoms with Crippen LogP contribution in [0.1, 0.15) is 6.92 Å². The predicted octanol–water partition coefficient (Wildman–Crippen LogP) is 1.41. The number of halogens is 1. The molecule has 0 spiro atoms. The van der Waals surface area contributed by atoms with Gasteiger partial charge in [-0.3, -0.25) is 4.79 Å². The number of hydrogen-bond acceptors (Lipinski definition) is 1. The molecule has 0 fully saturated rings. The minimum Gasteiger partial charge on any atom is -0.359 e. The third-order valence-electron chi connectivity index (χ3n) is 1.27. The van der Waals surface area contributed by atoms with Crippen LogP contribution in [0.4, 0.5) is 0 Å². The van der Waals surface area contributed by atoms with Crippen LogP contribution in [0.15, 0.2) is 0 Å². The Balaban J connectivity index is 4.04. The van der Waals surface area contributed by atoms with Crippen molar-refractivity contribution in [3.05, 3.63) is 0 Å². The summed E-state index contributed by atoms with van der Waals surface area (Å²) in [6.07, 6.45) is 0. The van der Waals surface area contributed by atoms with Crippen molar-refractivity contribution in [2.24, 2.45) is 0 Å². The zero-order valence-corrected chi connectivity index (χ0v) is 7.99. The molecule has 0 bridgehead atoms. The molecular formula is C5H12ClNOSi. The Hall–Kier alpha value is -0.0231. The fourth-order valence-corrected chi connectivity index (χ4v) is 1.48. The third kappa shape index (κ3) is 2.86. The van der Waals surface area contributed by atoms with Crippen LogP contribution in [-0.4, -0.2) is 25.1 Å². The van der Waals surface area contributed by atoms with Gasteiger partial charge in [-0.15, -0.1) is 11.1 Å². The van der Waals surface area contributed by atoms with E-state index in [0.29, 0.717) is 0 Å². The fourth-order valence-electron chi connectivity index (χ4n) is 0.374. The first-order valence-electron chi connectivity index (χ1n) is 2.79. The smallest absolute Gasteiger partial charge is 0.251 e. The number of amides is 1. The Morgan fingerprint density at radius 1 is 1.56 bits per heavy atom. The molecule has 0 atom stereocenters. The van der Waals surface area contributed by atoms with Crippen LogP contribution < -0.4 is 0 Å². The van der Waals surface area contributed by atoms with Crippen molar-refractivity contribution in [1.29, 1.82) is 0 Å². The highest BCUT2D eigenvalue weighted by molar-refractivity contribution is 7.18. The standard InChI is InChI=1S/C5H12ClNOSi/c1-5(8)7(2)9(3,4)6/h1-4H3. The van der Waals surface area contributed by atoms with Crippen molar-refractivity contribution >= 4 is 24.5 Å². The Bertz CT molecular complexity index is 121. The van der Waals surface area contributed by atoms with Gasteiger partial charge < -0.3 is 4.57 Å². The van der Waals surface area contributed by atoms with Crippen molar-refractivity contribution < 1.29 is 4.79 Å². The maximum Gasteiger partial charge on any atom is 0.251 e. The maximum atomic E-state index is 10.7. The van der Waals surface area contributed by atoms with Crippen molar-refractivity contribution in [2.75, 3.05) is 7.05 Å². The highest BCUT2D eigenvalue weighted by atomic mass is 35.6. The molecule has 54 valence electrons. The van der Waals surface area contributed by atoms with E-state index in [-0.39, 0.29) is 5.91 Å². The van der Waals surface area contributed by atoms with Gasteiger partial charge in [-0.05, 0) is 13.1 Å². The van der Waals surface area contributed by atoms with E-state index >= 15 is 0 Å². The summed E-state index contributed by atoms with van der Waals surface area (Å²) in [6.45, 7) is 5.35. The summed E-state index contributed by atoms with van der Waals surface area (Å²) in [7, 11) is -0.130. The average Bonchev–Trinajstić information content (AvgIpc) is 1.62. The quantitative estimate of drug-likeness (QED) is 0.425. The first kappa shape index (κ1) is 8.98. The first-order valence-corrected chi connectivity index (χ1v) is 6.75. The lowest BCUT2D eigenvalue weighted by Gasteiger charge is -2.25. The molecule has 0 radical (unpaired) electrons. The van der Waals surface area contributed by atoms with E-state index in [1.54, 1.807) is 11.6 Å². The number of carbonyl (C=O) groups is 1. The first-order chi connectivity index (χ1) is 3.85. The fraction of sp³-hybridized carbons (Fsp3) is 0.800. The van der Waals surface area contributed by atoms with E-state index in [1.807, 2.05) is 13.1 Å². The van der Waals surface area contributed by atoms with Gasteiger partial charge in [-0.2, -0.15) is 0 Å². The van der Waals surface area contributed by atoms with E-state index in [4.69, 9.17) is 11.1 Å². The van der Waals surface area contributed by atoms with Crippen LogP contribution in [0, 0.1) is 0 Å². The number of carbonyl (C=O) groups excluding carboxylic acids is 1. The lowest BCUT2D eigenvalue weighted by Crippen LogP contribution is -2.43. The Labute approximate surface area is 61.6 Å².